The Hall–Kier alpha value is -1.55. The van der Waals surface area contributed by atoms with E-state index in [-0.39, 0.29) is 17.7 Å². The van der Waals surface area contributed by atoms with Crippen LogP contribution in [-0.4, -0.2) is 36.3 Å². The third kappa shape index (κ3) is 2.72. The number of hydrogen-bond acceptors (Lipinski definition) is 2. The van der Waals surface area contributed by atoms with E-state index in [1.807, 2.05) is 30.0 Å². The summed E-state index contributed by atoms with van der Waals surface area (Å²) in [5, 5.41) is 0.731. The molecule has 1 fully saturated rings. The maximum atomic E-state index is 12.9. The third-order valence-corrected chi connectivity index (χ3v) is 5.01. The highest BCUT2D eigenvalue weighted by molar-refractivity contribution is 6.31. The lowest BCUT2D eigenvalue weighted by Crippen LogP contribution is -2.38. The van der Waals surface area contributed by atoms with Crippen molar-refractivity contribution in [1.82, 2.24) is 4.90 Å². The fraction of sp³-hybridized carbons (Fsp3) is 0.529. The van der Waals surface area contributed by atoms with Gasteiger partial charge < -0.3 is 9.80 Å². The Bertz CT molecular complexity index is 602. The molecule has 3 rings (SSSR count). The number of amides is 2. The standard InChI is InChI=1S/C17H21ClN2O2/c1-2-19-11-12(10-16(19)21)17(22)20-9-4-3-6-13-14(18)7-5-8-15(13)20/h5,7-8,12H,2-4,6,9-11H2,1H3. The van der Waals surface area contributed by atoms with Gasteiger partial charge in [0.2, 0.25) is 11.8 Å². The van der Waals surface area contributed by atoms with Gasteiger partial charge in [-0.25, -0.2) is 0 Å². The Labute approximate surface area is 136 Å². The summed E-state index contributed by atoms with van der Waals surface area (Å²) in [5.41, 5.74) is 1.99. The lowest BCUT2D eigenvalue weighted by molar-refractivity contribution is -0.128. The number of nitrogens with zero attached hydrogens (tertiary/aromatic N) is 2. The molecule has 0 N–H and O–H groups in total. The predicted molar refractivity (Wildman–Crippen MR) is 87.1 cm³/mol. The Morgan fingerprint density at radius 2 is 2.18 bits per heavy atom. The van der Waals surface area contributed by atoms with Crippen molar-refractivity contribution in [2.24, 2.45) is 5.92 Å². The monoisotopic (exact) mass is 320 g/mol. The second-order valence-corrected chi connectivity index (χ2v) is 6.43. The van der Waals surface area contributed by atoms with Crippen molar-refractivity contribution < 1.29 is 9.59 Å². The van der Waals surface area contributed by atoms with Crippen LogP contribution in [0.25, 0.3) is 0 Å². The number of rotatable bonds is 2. The van der Waals surface area contributed by atoms with Gasteiger partial charge in [-0.1, -0.05) is 17.7 Å². The largest absolute Gasteiger partial charge is 0.342 e. The number of anilines is 1. The zero-order chi connectivity index (χ0) is 15.7. The van der Waals surface area contributed by atoms with Gasteiger partial charge in [-0.05, 0) is 43.9 Å². The lowest BCUT2D eigenvalue weighted by Gasteiger charge is -2.26. The summed E-state index contributed by atoms with van der Waals surface area (Å²) in [6.45, 7) is 3.88. The maximum absolute atomic E-state index is 12.9. The Balaban J connectivity index is 1.87. The molecule has 2 aliphatic rings. The number of carbonyl (C=O) groups is 2. The average molecular weight is 321 g/mol. The summed E-state index contributed by atoms with van der Waals surface area (Å²) in [6, 6.07) is 5.75. The minimum atomic E-state index is -0.225. The van der Waals surface area contributed by atoms with Crippen LogP contribution in [0.4, 0.5) is 5.69 Å². The van der Waals surface area contributed by atoms with Crippen LogP contribution < -0.4 is 4.90 Å². The fourth-order valence-corrected chi connectivity index (χ4v) is 3.70. The maximum Gasteiger partial charge on any atom is 0.232 e. The average Bonchev–Trinajstić information content (AvgIpc) is 2.75. The first-order chi connectivity index (χ1) is 10.6. The molecule has 0 spiro atoms. The minimum absolute atomic E-state index is 0.0646. The van der Waals surface area contributed by atoms with E-state index in [0.29, 0.717) is 26.1 Å². The fourth-order valence-electron chi connectivity index (χ4n) is 3.43. The summed E-state index contributed by atoms with van der Waals surface area (Å²) >= 11 is 6.31. The molecule has 1 unspecified atom stereocenters. The van der Waals surface area contributed by atoms with Gasteiger partial charge in [-0.2, -0.15) is 0 Å². The second-order valence-electron chi connectivity index (χ2n) is 6.02. The Morgan fingerprint density at radius 3 is 2.91 bits per heavy atom. The van der Waals surface area contributed by atoms with Crippen LogP contribution >= 0.6 is 11.6 Å². The zero-order valence-corrected chi connectivity index (χ0v) is 13.6. The summed E-state index contributed by atoms with van der Waals surface area (Å²) in [5.74, 6) is -0.0749. The van der Waals surface area contributed by atoms with Gasteiger partial charge in [0.25, 0.3) is 0 Å². The Morgan fingerprint density at radius 1 is 1.36 bits per heavy atom. The molecule has 1 aromatic carbocycles. The van der Waals surface area contributed by atoms with Crippen molar-refractivity contribution >= 4 is 29.1 Å². The van der Waals surface area contributed by atoms with E-state index >= 15 is 0 Å². The molecule has 5 heteroatoms. The minimum Gasteiger partial charge on any atom is -0.342 e. The topological polar surface area (TPSA) is 40.6 Å². The van der Waals surface area contributed by atoms with E-state index in [2.05, 4.69) is 0 Å². The SMILES string of the molecule is CCN1CC(C(=O)N2CCCCc3c(Cl)cccc32)CC1=O. The molecule has 0 aromatic heterocycles. The van der Waals surface area contributed by atoms with Crippen LogP contribution in [0, 0.1) is 5.92 Å². The number of fused-ring (bicyclic) bond motifs is 1. The first kappa shape index (κ1) is 15.3. The van der Waals surface area contributed by atoms with Crippen molar-refractivity contribution in [3.8, 4) is 0 Å². The highest BCUT2D eigenvalue weighted by Gasteiger charge is 2.37. The predicted octanol–water partition coefficient (Wildman–Crippen LogP) is 2.88. The van der Waals surface area contributed by atoms with Crippen LogP contribution in [-0.2, 0) is 16.0 Å². The Kier molecular flexibility index (Phi) is 4.39. The van der Waals surface area contributed by atoms with Gasteiger partial charge in [-0.15, -0.1) is 0 Å². The molecule has 1 aromatic rings. The van der Waals surface area contributed by atoms with E-state index in [4.69, 9.17) is 11.6 Å². The molecule has 0 radical (unpaired) electrons. The number of benzene rings is 1. The van der Waals surface area contributed by atoms with Gasteiger partial charge in [0.05, 0.1) is 5.92 Å². The molecule has 2 heterocycles. The van der Waals surface area contributed by atoms with Crippen molar-refractivity contribution in [3.63, 3.8) is 0 Å². The number of halogens is 1. The molecule has 2 aliphatic heterocycles. The first-order valence-electron chi connectivity index (χ1n) is 7.98. The van der Waals surface area contributed by atoms with Crippen molar-refractivity contribution in [2.45, 2.75) is 32.6 Å². The molecule has 118 valence electrons. The second kappa shape index (κ2) is 6.29. The van der Waals surface area contributed by atoms with Gasteiger partial charge in [0.15, 0.2) is 0 Å². The molecule has 0 aliphatic carbocycles. The molecule has 0 saturated carbocycles. The zero-order valence-electron chi connectivity index (χ0n) is 12.8. The normalized spacial score (nSPS) is 21.7. The van der Waals surface area contributed by atoms with Crippen LogP contribution in [0.15, 0.2) is 18.2 Å². The summed E-state index contributed by atoms with van der Waals surface area (Å²) in [7, 11) is 0. The van der Waals surface area contributed by atoms with Gasteiger partial charge >= 0.3 is 0 Å². The molecule has 0 bridgehead atoms. The van der Waals surface area contributed by atoms with Gasteiger partial charge in [-0.3, -0.25) is 9.59 Å². The smallest absolute Gasteiger partial charge is 0.232 e. The molecular formula is C17H21ClN2O2. The molecule has 4 nitrogen and oxygen atoms in total. The summed E-state index contributed by atoms with van der Waals surface area (Å²) in [6.07, 6.45) is 3.24. The molecule has 2 amide bonds. The van der Waals surface area contributed by atoms with Crippen LogP contribution in [0.1, 0.15) is 31.7 Å². The van der Waals surface area contributed by atoms with Crippen molar-refractivity contribution in [3.05, 3.63) is 28.8 Å². The van der Waals surface area contributed by atoms with Crippen LogP contribution in [0.2, 0.25) is 5.02 Å². The van der Waals surface area contributed by atoms with Crippen molar-refractivity contribution in [2.75, 3.05) is 24.5 Å². The summed E-state index contributed by atoms with van der Waals surface area (Å²) < 4.78 is 0. The first-order valence-corrected chi connectivity index (χ1v) is 8.36. The lowest BCUT2D eigenvalue weighted by atomic mass is 10.0. The highest BCUT2D eigenvalue weighted by Crippen LogP contribution is 2.33. The van der Waals surface area contributed by atoms with Crippen molar-refractivity contribution in [1.29, 1.82) is 0 Å². The van der Waals surface area contributed by atoms with Gasteiger partial charge in [0.1, 0.15) is 0 Å². The molecule has 1 saturated heterocycles. The quantitative estimate of drug-likeness (QED) is 0.840. The van der Waals surface area contributed by atoms with Crippen LogP contribution in [0.3, 0.4) is 0 Å². The van der Waals surface area contributed by atoms with E-state index in [1.54, 1.807) is 4.90 Å². The third-order valence-electron chi connectivity index (χ3n) is 4.65. The number of likely N-dealkylation sites (tertiary alicyclic amines) is 1. The summed E-state index contributed by atoms with van der Waals surface area (Å²) in [4.78, 5) is 28.5. The van der Waals surface area contributed by atoms with Gasteiger partial charge in [0, 0.05) is 36.8 Å². The van der Waals surface area contributed by atoms with E-state index in [0.717, 1.165) is 35.5 Å². The van der Waals surface area contributed by atoms with E-state index < -0.39 is 0 Å². The molecule has 22 heavy (non-hydrogen) atoms. The molecular weight excluding hydrogens is 300 g/mol. The van der Waals surface area contributed by atoms with Crippen LogP contribution in [0.5, 0.6) is 0 Å². The highest BCUT2D eigenvalue weighted by atomic mass is 35.5. The number of hydrogen-bond donors (Lipinski definition) is 0. The molecule has 1 atom stereocenters. The number of carbonyl (C=O) groups excluding carboxylic acids is 2. The van der Waals surface area contributed by atoms with E-state index in [9.17, 15) is 9.59 Å². The van der Waals surface area contributed by atoms with E-state index in [1.165, 1.54) is 0 Å².